The molecule has 0 spiro atoms. The number of alkyl carbamates (subject to hydrolysis) is 1. The monoisotopic (exact) mass is 617 g/mol. The highest BCUT2D eigenvalue weighted by molar-refractivity contribution is 6.76. The van der Waals surface area contributed by atoms with Crippen molar-refractivity contribution in [3.63, 3.8) is 0 Å². The summed E-state index contributed by atoms with van der Waals surface area (Å²) in [5.74, 6) is 0.237. The van der Waals surface area contributed by atoms with Gasteiger partial charge in [-0.15, -0.1) is 0 Å². The highest BCUT2D eigenvalue weighted by atomic mass is 28.3. The molecule has 3 rings (SSSR count). The summed E-state index contributed by atoms with van der Waals surface area (Å²) < 4.78 is 23.4. The van der Waals surface area contributed by atoms with E-state index in [1.54, 1.807) is 12.1 Å². The van der Waals surface area contributed by atoms with Crippen LogP contribution in [0.5, 0.6) is 0 Å². The quantitative estimate of drug-likeness (QED) is 0.138. The zero-order chi connectivity index (χ0) is 31.8. The number of carbonyl (C=O) groups is 3. The number of amides is 2. The van der Waals surface area contributed by atoms with Crippen LogP contribution in [0.4, 0.5) is 21.0 Å². The summed E-state index contributed by atoms with van der Waals surface area (Å²) in [6.45, 7) is 13.2. The standard InChI is InChI=1S/C30H47N5O7Si/c1-30(2,3)42-29(38)34-22-11-9-10-12-23(27(36)39-4)32-24-17-20(31-28(37)40-5)13-14-21(24)25-18-35(26(22)33-25)19-41-15-16-43(6,7)8/h13-14,17-18,22-23,32H,9-12,15-16,19H2,1-8H3,(H,31,37)(H,34,38)/t22-,23+/m0/s1. The van der Waals surface area contributed by atoms with Gasteiger partial charge in [0.05, 0.1) is 26.0 Å². The van der Waals surface area contributed by atoms with Gasteiger partial charge in [0.2, 0.25) is 0 Å². The van der Waals surface area contributed by atoms with E-state index in [9.17, 15) is 14.4 Å². The SMILES string of the molecule is COC(=O)Nc1ccc2c(c1)N[C@@H](C(=O)OC)CCCC[C@H](NC(=O)OC(C)(C)C)c1nc-2cn1COCC[Si](C)(C)C. The van der Waals surface area contributed by atoms with Gasteiger partial charge < -0.3 is 34.1 Å². The van der Waals surface area contributed by atoms with Crippen molar-refractivity contribution < 1.29 is 33.3 Å². The first kappa shape index (κ1) is 33.9. The predicted molar refractivity (Wildman–Crippen MR) is 168 cm³/mol. The van der Waals surface area contributed by atoms with E-state index in [1.807, 2.05) is 37.6 Å². The lowest BCUT2D eigenvalue weighted by Gasteiger charge is -2.25. The van der Waals surface area contributed by atoms with Crippen LogP contribution < -0.4 is 16.0 Å². The number of anilines is 2. The summed E-state index contributed by atoms with van der Waals surface area (Å²) in [5.41, 5.74) is 1.70. The van der Waals surface area contributed by atoms with Crippen LogP contribution in [0, 0.1) is 0 Å². The summed E-state index contributed by atoms with van der Waals surface area (Å²) in [4.78, 5) is 42.6. The third-order valence-electron chi connectivity index (χ3n) is 6.82. The topological polar surface area (TPSA) is 142 Å². The Hall–Kier alpha value is -3.58. The molecule has 0 fully saturated rings. The van der Waals surface area contributed by atoms with Gasteiger partial charge in [-0.2, -0.15) is 0 Å². The molecular formula is C30H47N5O7Si. The molecule has 0 unspecified atom stereocenters. The van der Waals surface area contributed by atoms with Gasteiger partial charge >= 0.3 is 18.2 Å². The highest BCUT2D eigenvalue weighted by Crippen LogP contribution is 2.34. The van der Waals surface area contributed by atoms with Gasteiger partial charge in [-0.05, 0) is 57.9 Å². The van der Waals surface area contributed by atoms with E-state index in [0.717, 1.165) is 6.04 Å². The number of fused-ring (bicyclic) bond motifs is 4. The molecule has 1 aromatic carbocycles. The van der Waals surface area contributed by atoms with Gasteiger partial charge in [0.1, 0.15) is 24.2 Å². The Labute approximate surface area is 255 Å². The van der Waals surface area contributed by atoms with Crippen molar-refractivity contribution in [2.45, 2.75) is 96.6 Å². The zero-order valence-corrected chi connectivity index (χ0v) is 27.7. The van der Waals surface area contributed by atoms with Gasteiger partial charge in [0.25, 0.3) is 0 Å². The summed E-state index contributed by atoms with van der Waals surface area (Å²) in [6.07, 6.45) is 3.18. The number of nitrogens with zero attached hydrogens (tertiary/aromatic N) is 2. The Kier molecular flexibility index (Phi) is 11.6. The number of aromatic nitrogens is 2. The predicted octanol–water partition coefficient (Wildman–Crippen LogP) is 6.13. The second-order valence-corrected chi connectivity index (χ2v) is 18.5. The maximum atomic E-state index is 12.9. The van der Waals surface area contributed by atoms with Crippen LogP contribution >= 0.6 is 0 Å². The van der Waals surface area contributed by atoms with Crippen molar-refractivity contribution in [1.82, 2.24) is 14.9 Å². The first-order chi connectivity index (χ1) is 20.2. The summed E-state index contributed by atoms with van der Waals surface area (Å²) in [5, 5.41) is 9.01. The van der Waals surface area contributed by atoms with E-state index < -0.39 is 43.9 Å². The molecule has 2 bridgehead atoms. The number of esters is 1. The van der Waals surface area contributed by atoms with Crippen molar-refractivity contribution in [2.24, 2.45) is 0 Å². The summed E-state index contributed by atoms with van der Waals surface area (Å²) >= 11 is 0. The molecule has 1 aliphatic heterocycles. The second kappa shape index (κ2) is 14.7. The minimum atomic E-state index is -1.29. The molecule has 1 aliphatic rings. The van der Waals surface area contributed by atoms with Gasteiger partial charge in [-0.1, -0.05) is 32.5 Å². The number of ether oxygens (including phenoxy) is 4. The fraction of sp³-hybridized carbons (Fsp3) is 0.600. The van der Waals surface area contributed by atoms with Crippen molar-refractivity contribution >= 4 is 37.6 Å². The number of hydrogen-bond acceptors (Lipinski definition) is 9. The molecule has 43 heavy (non-hydrogen) atoms. The molecule has 238 valence electrons. The molecule has 2 aromatic rings. The second-order valence-electron chi connectivity index (χ2n) is 12.9. The maximum Gasteiger partial charge on any atom is 0.411 e. The fourth-order valence-electron chi connectivity index (χ4n) is 4.61. The molecule has 2 amide bonds. The number of nitrogens with one attached hydrogen (secondary N) is 3. The van der Waals surface area contributed by atoms with E-state index in [0.29, 0.717) is 60.7 Å². The number of hydrogen-bond donors (Lipinski definition) is 3. The number of methoxy groups -OCH3 is 2. The van der Waals surface area contributed by atoms with Crippen LogP contribution in [0.2, 0.25) is 25.7 Å². The van der Waals surface area contributed by atoms with Gasteiger partial charge in [-0.25, -0.2) is 19.4 Å². The van der Waals surface area contributed by atoms with Crippen LogP contribution in [0.25, 0.3) is 11.3 Å². The molecular weight excluding hydrogens is 570 g/mol. The molecule has 3 N–H and O–H groups in total. The molecule has 2 atom stereocenters. The van der Waals surface area contributed by atoms with Crippen LogP contribution in [0.1, 0.15) is 58.3 Å². The van der Waals surface area contributed by atoms with Crippen molar-refractivity contribution in [1.29, 1.82) is 0 Å². The highest BCUT2D eigenvalue weighted by Gasteiger charge is 2.28. The molecule has 12 nitrogen and oxygen atoms in total. The van der Waals surface area contributed by atoms with Crippen LogP contribution in [0.15, 0.2) is 24.4 Å². The number of carbonyl (C=O) groups excluding carboxylic acids is 3. The Bertz CT molecular complexity index is 1270. The smallest absolute Gasteiger partial charge is 0.411 e. The third kappa shape index (κ3) is 10.6. The third-order valence-corrected chi connectivity index (χ3v) is 8.52. The summed E-state index contributed by atoms with van der Waals surface area (Å²) in [7, 11) is 1.35. The Morgan fingerprint density at radius 1 is 1.07 bits per heavy atom. The van der Waals surface area contributed by atoms with Crippen LogP contribution in [0.3, 0.4) is 0 Å². The summed E-state index contributed by atoms with van der Waals surface area (Å²) in [6, 6.07) is 5.19. The molecule has 0 saturated heterocycles. The molecule has 2 heterocycles. The van der Waals surface area contributed by atoms with Crippen LogP contribution in [-0.2, 0) is 30.5 Å². The molecule has 0 radical (unpaired) electrons. The van der Waals surface area contributed by atoms with E-state index in [2.05, 4.69) is 35.6 Å². The Morgan fingerprint density at radius 2 is 1.79 bits per heavy atom. The van der Waals surface area contributed by atoms with E-state index >= 15 is 0 Å². The Morgan fingerprint density at radius 3 is 2.44 bits per heavy atom. The lowest BCUT2D eigenvalue weighted by molar-refractivity contribution is -0.141. The van der Waals surface area contributed by atoms with Crippen LogP contribution in [-0.4, -0.2) is 68.3 Å². The molecule has 0 saturated carbocycles. The normalized spacial score (nSPS) is 17.3. The first-order valence-corrected chi connectivity index (χ1v) is 18.4. The average Bonchev–Trinajstić information content (AvgIpc) is 3.33. The van der Waals surface area contributed by atoms with Gasteiger partial charge in [0, 0.05) is 37.8 Å². The number of benzene rings is 1. The Balaban J connectivity index is 2.09. The number of imidazole rings is 1. The molecule has 13 heteroatoms. The minimum absolute atomic E-state index is 0.259. The van der Waals surface area contributed by atoms with E-state index in [1.165, 1.54) is 14.2 Å². The minimum Gasteiger partial charge on any atom is -0.467 e. The first-order valence-electron chi connectivity index (χ1n) is 14.7. The van der Waals surface area contributed by atoms with Crippen molar-refractivity contribution in [2.75, 3.05) is 31.5 Å². The fourth-order valence-corrected chi connectivity index (χ4v) is 5.36. The van der Waals surface area contributed by atoms with Crippen molar-refractivity contribution in [3.8, 4) is 11.3 Å². The van der Waals surface area contributed by atoms with Gasteiger partial charge in [0.15, 0.2) is 0 Å². The van der Waals surface area contributed by atoms with Crippen molar-refractivity contribution in [3.05, 3.63) is 30.2 Å². The lowest BCUT2D eigenvalue weighted by Crippen LogP contribution is -2.36. The van der Waals surface area contributed by atoms with E-state index in [-0.39, 0.29) is 6.73 Å². The zero-order valence-electron chi connectivity index (χ0n) is 26.7. The lowest BCUT2D eigenvalue weighted by atomic mass is 10.0. The maximum absolute atomic E-state index is 12.9. The van der Waals surface area contributed by atoms with E-state index in [4.69, 9.17) is 23.9 Å². The molecule has 0 aliphatic carbocycles. The molecule has 1 aromatic heterocycles. The average molecular weight is 618 g/mol. The van der Waals surface area contributed by atoms with Gasteiger partial charge in [-0.3, -0.25) is 5.32 Å². The number of rotatable bonds is 8. The largest absolute Gasteiger partial charge is 0.467 e.